The number of carboxylic acid groups (broad SMARTS) is 1. The van der Waals surface area contributed by atoms with E-state index in [1.807, 2.05) is 18.2 Å². The second-order valence-corrected chi connectivity index (χ2v) is 13.3. The van der Waals surface area contributed by atoms with Crippen LogP contribution in [0.2, 0.25) is 0 Å². The van der Waals surface area contributed by atoms with Crippen LogP contribution < -0.4 is 15.5 Å². The van der Waals surface area contributed by atoms with E-state index in [1.165, 1.54) is 35.3 Å². The van der Waals surface area contributed by atoms with E-state index in [-0.39, 0.29) is 18.0 Å². The number of hydrogen-bond acceptors (Lipinski definition) is 6. The van der Waals surface area contributed by atoms with Gasteiger partial charge in [0.25, 0.3) is 5.91 Å². The summed E-state index contributed by atoms with van der Waals surface area (Å²) in [5, 5.41) is 24.2. The molecular weight excluding hydrogens is 588 g/mol. The predicted molar refractivity (Wildman–Crippen MR) is 179 cm³/mol. The number of aromatic nitrogens is 1. The molecule has 0 saturated carbocycles. The van der Waals surface area contributed by atoms with Crippen molar-refractivity contribution in [1.82, 2.24) is 10.3 Å². The standard InChI is InChI=1S/C35H38N4O5S/c1-35(2,3)26-15-18-30-28(19-26)37-33(45-30)38-34(44)39(27-16-13-24(14-17-27)23-7-5-4-6-8-23)21-22-9-11-25(12-10-22)31(41)36-20-29(40)32(42)43/h7,9-19,29,40H,4-6,8,20-21H2,1-3H3,(H,36,41)(H,42,43)(H,37,38,44)/t29-/m1/s1. The fourth-order valence-corrected chi connectivity index (χ4v) is 6.00. The van der Waals surface area contributed by atoms with Gasteiger partial charge in [0.15, 0.2) is 11.2 Å². The summed E-state index contributed by atoms with van der Waals surface area (Å²) in [5.41, 5.74) is 6.28. The number of anilines is 2. The normalized spacial score (nSPS) is 14.0. The highest BCUT2D eigenvalue weighted by atomic mass is 32.1. The Morgan fingerprint density at radius 2 is 1.73 bits per heavy atom. The Morgan fingerprint density at radius 1 is 1.00 bits per heavy atom. The number of allylic oxidation sites excluding steroid dienone is 2. The van der Waals surface area contributed by atoms with Crippen LogP contribution in [-0.4, -0.2) is 45.8 Å². The molecule has 0 fully saturated rings. The van der Waals surface area contributed by atoms with E-state index in [1.54, 1.807) is 29.2 Å². The van der Waals surface area contributed by atoms with Crippen LogP contribution in [0.3, 0.4) is 0 Å². The van der Waals surface area contributed by atoms with Gasteiger partial charge < -0.3 is 15.5 Å². The first-order valence-electron chi connectivity index (χ1n) is 15.0. The molecule has 1 aliphatic rings. The van der Waals surface area contributed by atoms with Crippen LogP contribution in [0, 0.1) is 0 Å². The summed E-state index contributed by atoms with van der Waals surface area (Å²) in [6.45, 7) is 6.28. The molecule has 3 amide bonds. The third kappa shape index (κ3) is 7.95. The molecule has 1 aliphatic carbocycles. The molecule has 1 atom stereocenters. The number of nitrogens with one attached hydrogen (secondary N) is 2. The number of amides is 3. The van der Waals surface area contributed by atoms with E-state index in [0.717, 1.165) is 34.2 Å². The van der Waals surface area contributed by atoms with E-state index in [0.29, 0.717) is 16.4 Å². The maximum absolute atomic E-state index is 13.8. The predicted octanol–water partition coefficient (Wildman–Crippen LogP) is 6.97. The topological polar surface area (TPSA) is 132 Å². The van der Waals surface area contributed by atoms with Gasteiger partial charge in [0, 0.05) is 11.3 Å². The van der Waals surface area contributed by atoms with Gasteiger partial charge >= 0.3 is 12.0 Å². The van der Waals surface area contributed by atoms with Gasteiger partial charge in [-0.3, -0.25) is 15.0 Å². The Kier molecular flexibility index (Phi) is 9.65. The molecule has 0 aliphatic heterocycles. The number of carboxylic acids is 1. The molecule has 4 N–H and O–H groups in total. The summed E-state index contributed by atoms with van der Waals surface area (Å²) in [5.74, 6) is -1.91. The van der Waals surface area contributed by atoms with E-state index in [2.05, 4.69) is 61.7 Å². The van der Waals surface area contributed by atoms with Gasteiger partial charge in [-0.1, -0.05) is 68.5 Å². The molecule has 3 aromatic carbocycles. The highest BCUT2D eigenvalue weighted by Crippen LogP contribution is 2.32. The first-order valence-corrected chi connectivity index (χ1v) is 15.9. The Morgan fingerprint density at radius 3 is 2.38 bits per heavy atom. The smallest absolute Gasteiger partial charge is 0.334 e. The number of thiazole rings is 1. The van der Waals surface area contributed by atoms with Gasteiger partial charge in [0.05, 0.1) is 23.3 Å². The van der Waals surface area contributed by atoms with Crippen molar-refractivity contribution < 1.29 is 24.6 Å². The highest BCUT2D eigenvalue weighted by molar-refractivity contribution is 7.22. The number of aliphatic hydroxyl groups is 1. The summed E-state index contributed by atoms with van der Waals surface area (Å²) in [7, 11) is 0. The molecule has 9 nitrogen and oxygen atoms in total. The maximum atomic E-state index is 13.8. The van der Waals surface area contributed by atoms with Crippen molar-refractivity contribution in [2.24, 2.45) is 0 Å². The van der Waals surface area contributed by atoms with Gasteiger partial charge in [-0.05, 0) is 89.8 Å². The number of nitrogens with zero attached hydrogens (tertiary/aromatic N) is 2. The molecule has 0 spiro atoms. The number of carbonyl (C=O) groups is 3. The molecule has 5 rings (SSSR count). The summed E-state index contributed by atoms with van der Waals surface area (Å²) in [6, 6.07) is 20.6. The summed E-state index contributed by atoms with van der Waals surface area (Å²) < 4.78 is 0.986. The van der Waals surface area contributed by atoms with E-state index >= 15 is 0 Å². The number of urea groups is 1. The fraction of sp³-hybridized carbons (Fsp3) is 0.314. The Labute approximate surface area is 266 Å². The average molecular weight is 627 g/mol. The number of hydrogen-bond donors (Lipinski definition) is 4. The highest BCUT2D eigenvalue weighted by Gasteiger charge is 2.21. The van der Waals surface area contributed by atoms with E-state index in [4.69, 9.17) is 10.1 Å². The molecular formula is C35H38N4O5S. The zero-order valence-corrected chi connectivity index (χ0v) is 26.5. The third-order valence-electron chi connectivity index (χ3n) is 7.85. The molecule has 0 saturated heterocycles. The maximum Gasteiger partial charge on any atom is 0.334 e. The molecule has 4 aromatic rings. The molecule has 10 heteroatoms. The SMILES string of the molecule is CC(C)(C)c1ccc2sc(NC(=O)N(Cc3ccc(C(=O)NC[C@@H](O)C(=O)O)cc3)c3ccc(C4=CCCCC4)cc3)nc2c1. The molecule has 0 bridgehead atoms. The Hall–Kier alpha value is -4.54. The van der Waals surface area contributed by atoms with Crippen molar-refractivity contribution in [1.29, 1.82) is 0 Å². The largest absolute Gasteiger partial charge is 0.479 e. The first-order chi connectivity index (χ1) is 21.5. The summed E-state index contributed by atoms with van der Waals surface area (Å²) in [4.78, 5) is 43.5. The number of benzene rings is 3. The fourth-order valence-electron chi connectivity index (χ4n) is 5.17. The Balaban J connectivity index is 1.37. The number of rotatable bonds is 9. The van der Waals surface area contributed by atoms with Crippen LogP contribution in [0.25, 0.3) is 15.8 Å². The minimum atomic E-state index is -1.68. The number of fused-ring (bicyclic) bond motifs is 1. The van der Waals surface area contributed by atoms with Crippen molar-refractivity contribution >= 4 is 55.9 Å². The second-order valence-electron chi connectivity index (χ2n) is 12.3. The van der Waals surface area contributed by atoms with Crippen molar-refractivity contribution in [2.45, 2.75) is 64.5 Å². The summed E-state index contributed by atoms with van der Waals surface area (Å²) in [6.07, 6.45) is 5.13. The van der Waals surface area contributed by atoms with Crippen LogP contribution >= 0.6 is 11.3 Å². The average Bonchev–Trinajstić information content (AvgIpc) is 3.44. The number of aliphatic carboxylic acids is 1. The molecule has 0 radical (unpaired) electrons. The lowest BCUT2D eigenvalue weighted by Crippen LogP contribution is -2.36. The molecule has 1 aromatic heterocycles. The Bertz CT molecular complexity index is 1720. The van der Waals surface area contributed by atoms with E-state index in [9.17, 15) is 19.5 Å². The van der Waals surface area contributed by atoms with Gasteiger partial charge in [-0.15, -0.1) is 0 Å². The van der Waals surface area contributed by atoms with Gasteiger partial charge in [-0.2, -0.15) is 0 Å². The van der Waals surface area contributed by atoms with Crippen LogP contribution in [0.4, 0.5) is 15.6 Å². The lowest BCUT2D eigenvalue weighted by molar-refractivity contribution is -0.146. The molecule has 234 valence electrons. The zero-order valence-electron chi connectivity index (χ0n) is 25.7. The summed E-state index contributed by atoms with van der Waals surface area (Å²) >= 11 is 1.42. The van der Waals surface area contributed by atoms with Crippen LogP contribution in [0.5, 0.6) is 0 Å². The van der Waals surface area contributed by atoms with E-state index < -0.39 is 24.5 Å². The number of aliphatic hydroxyl groups excluding tert-OH is 1. The quantitative estimate of drug-likeness (QED) is 0.159. The van der Waals surface area contributed by atoms with Crippen LogP contribution in [0.1, 0.15) is 73.5 Å². The lowest BCUT2D eigenvalue weighted by Gasteiger charge is -2.24. The zero-order chi connectivity index (χ0) is 32.1. The van der Waals surface area contributed by atoms with Crippen molar-refractivity contribution in [3.05, 3.63) is 95.1 Å². The number of carbonyl (C=O) groups excluding carboxylic acids is 2. The second kappa shape index (κ2) is 13.6. The van der Waals surface area contributed by atoms with Gasteiger partial charge in [-0.25, -0.2) is 14.6 Å². The first kappa shape index (κ1) is 31.9. The molecule has 45 heavy (non-hydrogen) atoms. The van der Waals surface area contributed by atoms with Gasteiger partial charge in [0.1, 0.15) is 0 Å². The van der Waals surface area contributed by atoms with Crippen LogP contribution in [0.15, 0.2) is 72.8 Å². The molecule has 1 heterocycles. The minimum Gasteiger partial charge on any atom is -0.479 e. The van der Waals surface area contributed by atoms with Crippen molar-refractivity contribution in [2.75, 3.05) is 16.8 Å². The van der Waals surface area contributed by atoms with Gasteiger partial charge in [0.2, 0.25) is 0 Å². The van der Waals surface area contributed by atoms with Crippen LogP contribution in [-0.2, 0) is 16.8 Å². The third-order valence-corrected chi connectivity index (χ3v) is 8.80. The van der Waals surface area contributed by atoms with Crippen molar-refractivity contribution in [3.63, 3.8) is 0 Å². The minimum absolute atomic E-state index is 0.0200. The monoisotopic (exact) mass is 626 g/mol. The lowest BCUT2D eigenvalue weighted by atomic mass is 9.87. The van der Waals surface area contributed by atoms with Crippen molar-refractivity contribution in [3.8, 4) is 0 Å². The molecule has 0 unspecified atom stereocenters.